The highest BCUT2D eigenvalue weighted by Gasteiger charge is 2.44. The van der Waals surface area contributed by atoms with Crippen LogP contribution in [-0.4, -0.2) is 79.0 Å². The van der Waals surface area contributed by atoms with E-state index in [9.17, 15) is 24.0 Å². The SMILES string of the molecule is CC(=O)OC[C@H]1OC(OCCN2C(=O)CCC2=O)C[C@@H](OC(C)=O)[C@@H]1OC(C)=O. The van der Waals surface area contributed by atoms with Crippen LogP contribution in [0.4, 0.5) is 0 Å². The van der Waals surface area contributed by atoms with Gasteiger partial charge in [0.2, 0.25) is 11.8 Å². The van der Waals surface area contributed by atoms with Gasteiger partial charge < -0.3 is 23.7 Å². The van der Waals surface area contributed by atoms with Crippen molar-refractivity contribution in [3.05, 3.63) is 0 Å². The predicted octanol–water partition coefficient (Wildman–Crippen LogP) is -0.306. The topological polar surface area (TPSA) is 135 Å². The molecule has 1 unspecified atom stereocenters. The Bertz CT molecular complexity index is 647. The van der Waals surface area contributed by atoms with E-state index < -0.39 is 42.5 Å². The fourth-order valence-electron chi connectivity index (χ4n) is 3.15. The number of ether oxygens (including phenoxy) is 5. The molecule has 29 heavy (non-hydrogen) atoms. The number of esters is 3. The van der Waals surface area contributed by atoms with Crippen molar-refractivity contribution in [2.45, 2.75) is 64.6 Å². The van der Waals surface area contributed by atoms with Gasteiger partial charge in [0.15, 0.2) is 12.4 Å². The van der Waals surface area contributed by atoms with Gasteiger partial charge in [-0.1, -0.05) is 0 Å². The number of hydrogen-bond donors (Lipinski definition) is 0. The van der Waals surface area contributed by atoms with Gasteiger partial charge in [-0.2, -0.15) is 0 Å². The molecular formula is C18H25NO10. The van der Waals surface area contributed by atoms with Crippen molar-refractivity contribution in [1.29, 1.82) is 0 Å². The van der Waals surface area contributed by atoms with Gasteiger partial charge in [-0.25, -0.2) is 0 Å². The summed E-state index contributed by atoms with van der Waals surface area (Å²) in [5, 5.41) is 0. The molecule has 0 radical (unpaired) electrons. The summed E-state index contributed by atoms with van der Waals surface area (Å²) in [6.45, 7) is 3.45. The molecule has 2 amide bonds. The zero-order valence-corrected chi connectivity index (χ0v) is 16.6. The van der Waals surface area contributed by atoms with E-state index in [1.165, 1.54) is 20.8 Å². The maximum Gasteiger partial charge on any atom is 0.303 e. The Labute approximate surface area is 167 Å². The van der Waals surface area contributed by atoms with E-state index in [1.54, 1.807) is 0 Å². The second-order valence-corrected chi connectivity index (χ2v) is 6.67. The molecule has 162 valence electrons. The Morgan fingerprint density at radius 2 is 1.62 bits per heavy atom. The lowest BCUT2D eigenvalue weighted by Gasteiger charge is -2.40. The molecule has 0 aromatic carbocycles. The molecule has 2 aliphatic heterocycles. The summed E-state index contributed by atoms with van der Waals surface area (Å²) in [4.78, 5) is 58.5. The fourth-order valence-corrected chi connectivity index (χ4v) is 3.15. The van der Waals surface area contributed by atoms with Crippen LogP contribution in [0.2, 0.25) is 0 Å². The Balaban J connectivity index is 2.03. The number of carbonyl (C=O) groups is 5. The molecule has 0 saturated carbocycles. The minimum absolute atomic E-state index is 0.00740. The average Bonchev–Trinajstić information content (AvgIpc) is 2.93. The van der Waals surface area contributed by atoms with Crippen LogP contribution in [-0.2, 0) is 47.7 Å². The van der Waals surface area contributed by atoms with Gasteiger partial charge >= 0.3 is 17.9 Å². The predicted molar refractivity (Wildman–Crippen MR) is 92.9 cm³/mol. The third-order valence-corrected chi connectivity index (χ3v) is 4.33. The van der Waals surface area contributed by atoms with Crippen LogP contribution in [0.3, 0.4) is 0 Å². The van der Waals surface area contributed by atoms with Crippen molar-refractivity contribution in [3.63, 3.8) is 0 Å². The minimum Gasteiger partial charge on any atom is -0.463 e. The summed E-state index contributed by atoms with van der Waals surface area (Å²) in [5.41, 5.74) is 0. The molecule has 2 saturated heterocycles. The van der Waals surface area contributed by atoms with Crippen LogP contribution in [0.5, 0.6) is 0 Å². The highest BCUT2D eigenvalue weighted by Crippen LogP contribution is 2.27. The molecule has 2 fully saturated rings. The number of rotatable bonds is 8. The highest BCUT2D eigenvalue weighted by atomic mass is 16.7. The number of nitrogens with zero attached hydrogens (tertiary/aromatic N) is 1. The van der Waals surface area contributed by atoms with Crippen molar-refractivity contribution in [1.82, 2.24) is 4.90 Å². The van der Waals surface area contributed by atoms with Crippen molar-refractivity contribution in [3.8, 4) is 0 Å². The summed E-state index contributed by atoms with van der Waals surface area (Å²) in [6, 6.07) is 0. The van der Waals surface area contributed by atoms with E-state index in [4.69, 9.17) is 23.7 Å². The molecule has 0 aromatic rings. The van der Waals surface area contributed by atoms with E-state index >= 15 is 0 Å². The molecule has 0 aliphatic carbocycles. The van der Waals surface area contributed by atoms with Crippen LogP contribution in [0.1, 0.15) is 40.0 Å². The summed E-state index contributed by atoms with van der Waals surface area (Å²) in [5.74, 6) is -2.29. The average molecular weight is 415 g/mol. The molecule has 0 N–H and O–H groups in total. The smallest absolute Gasteiger partial charge is 0.303 e. The summed E-state index contributed by atoms with van der Waals surface area (Å²) in [6.07, 6.45) is -3.27. The number of hydrogen-bond acceptors (Lipinski definition) is 10. The molecule has 2 aliphatic rings. The zero-order chi connectivity index (χ0) is 21.6. The maximum atomic E-state index is 11.7. The van der Waals surface area contributed by atoms with Crippen LogP contribution in [0.15, 0.2) is 0 Å². The molecule has 2 rings (SSSR count). The number of imide groups is 1. The molecule has 0 aromatic heterocycles. The van der Waals surface area contributed by atoms with Crippen molar-refractivity contribution in [2.24, 2.45) is 0 Å². The molecule has 0 spiro atoms. The largest absolute Gasteiger partial charge is 0.463 e. The first-order valence-corrected chi connectivity index (χ1v) is 9.25. The minimum atomic E-state index is -0.989. The van der Waals surface area contributed by atoms with Crippen LogP contribution >= 0.6 is 0 Å². The molecular weight excluding hydrogens is 390 g/mol. The van der Waals surface area contributed by atoms with Crippen LogP contribution in [0.25, 0.3) is 0 Å². The fraction of sp³-hybridized carbons (Fsp3) is 0.722. The standard InChI is InChI=1S/C18H25NO10/c1-10(20)26-9-14-18(28-12(3)22)13(27-11(2)21)8-17(29-14)25-7-6-19-15(23)4-5-16(19)24/h13-14,17-18H,4-9H2,1-3H3/t13-,14-,17?,18+/m1/s1. The van der Waals surface area contributed by atoms with Crippen molar-refractivity contribution in [2.75, 3.05) is 19.8 Å². The van der Waals surface area contributed by atoms with E-state index in [2.05, 4.69) is 0 Å². The third kappa shape index (κ3) is 6.79. The quantitative estimate of drug-likeness (QED) is 0.295. The first-order chi connectivity index (χ1) is 13.7. The lowest BCUT2D eigenvalue weighted by Crippen LogP contribution is -2.54. The van der Waals surface area contributed by atoms with E-state index in [0.717, 1.165) is 4.90 Å². The van der Waals surface area contributed by atoms with Gasteiger partial charge in [-0.3, -0.25) is 28.9 Å². The van der Waals surface area contributed by atoms with E-state index in [1.807, 2.05) is 0 Å². The second-order valence-electron chi connectivity index (χ2n) is 6.67. The Kier molecular flexibility index (Phi) is 8.09. The van der Waals surface area contributed by atoms with Gasteiger partial charge in [-0.15, -0.1) is 0 Å². The molecule has 11 nitrogen and oxygen atoms in total. The number of amides is 2. The third-order valence-electron chi connectivity index (χ3n) is 4.33. The van der Waals surface area contributed by atoms with Crippen LogP contribution in [0, 0.1) is 0 Å². The van der Waals surface area contributed by atoms with E-state index in [0.29, 0.717) is 0 Å². The number of likely N-dealkylation sites (tertiary alicyclic amines) is 1. The molecule has 2 heterocycles. The summed E-state index contributed by atoms with van der Waals surface area (Å²) in [7, 11) is 0. The van der Waals surface area contributed by atoms with Crippen molar-refractivity contribution < 1.29 is 47.7 Å². The number of carbonyl (C=O) groups excluding carboxylic acids is 5. The highest BCUT2D eigenvalue weighted by molar-refractivity contribution is 6.01. The molecule has 0 bridgehead atoms. The normalized spacial score (nSPS) is 26.9. The lowest BCUT2D eigenvalue weighted by molar-refractivity contribution is -0.266. The lowest BCUT2D eigenvalue weighted by atomic mass is 10.0. The van der Waals surface area contributed by atoms with Gasteiger partial charge in [-0.05, 0) is 0 Å². The van der Waals surface area contributed by atoms with Crippen molar-refractivity contribution >= 4 is 29.7 Å². The Morgan fingerprint density at radius 3 is 2.17 bits per heavy atom. The summed E-state index contributed by atoms with van der Waals surface area (Å²) >= 11 is 0. The van der Waals surface area contributed by atoms with Gasteiger partial charge in [0, 0.05) is 40.0 Å². The van der Waals surface area contributed by atoms with Gasteiger partial charge in [0.05, 0.1) is 13.2 Å². The Morgan fingerprint density at radius 1 is 1.00 bits per heavy atom. The van der Waals surface area contributed by atoms with Crippen LogP contribution < -0.4 is 0 Å². The van der Waals surface area contributed by atoms with Gasteiger partial charge in [0.25, 0.3) is 0 Å². The monoisotopic (exact) mass is 415 g/mol. The molecule has 4 atom stereocenters. The zero-order valence-electron chi connectivity index (χ0n) is 16.6. The second kappa shape index (κ2) is 10.3. The first kappa shape index (κ1) is 22.8. The molecule has 11 heteroatoms. The Hall–Kier alpha value is -2.53. The van der Waals surface area contributed by atoms with Gasteiger partial charge in [0.1, 0.15) is 18.8 Å². The first-order valence-electron chi connectivity index (χ1n) is 9.25. The maximum absolute atomic E-state index is 11.7. The summed E-state index contributed by atoms with van der Waals surface area (Å²) < 4.78 is 26.8. The van der Waals surface area contributed by atoms with E-state index in [-0.39, 0.29) is 50.8 Å².